The van der Waals surface area contributed by atoms with Gasteiger partial charge in [0.1, 0.15) is 0 Å². The van der Waals surface area contributed by atoms with Crippen molar-refractivity contribution in [2.75, 3.05) is 0 Å². The van der Waals surface area contributed by atoms with Gasteiger partial charge >= 0.3 is 0 Å². The molecule has 0 fully saturated rings. The van der Waals surface area contributed by atoms with Gasteiger partial charge in [0.05, 0.1) is 28.9 Å². The molecular formula is C7H8ClN2O2-. The van der Waals surface area contributed by atoms with Crippen LogP contribution < -0.4 is 5.11 Å². The zero-order valence-corrected chi connectivity index (χ0v) is 7.55. The molecule has 5 heteroatoms. The molecule has 0 saturated heterocycles. The minimum Gasteiger partial charge on any atom is -0.548 e. The summed E-state index contributed by atoms with van der Waals surface area (Å²) in [7, 11) is 0. The third-order valence-corrected chi connectivity index (χ3v) is 2.12. The fourth-order valence-corrected chi connectivity index (χ4v) is 1.09. The van der Waals surface area contributed by atoms with Crippen LogP contribution in [-0.2, 0) is 11.3 Å². The fourth-order valence-electron chi connectivity index (χ4n) is 0.951. The molecule has 0 aliphatic rings. The lowest BCUT2D eigenvalue weighted by atomic mass is 10.4. The van der Waals surface area contributed by atoms with Gasteiger partial charge in [-0.25, -0.2) is 0 Å². The quantitative estimate of drug-likeness (QED) is 0.650. The first kappa shape index (κ1) is 9.06. The van der Waals surface area contributed by atoms with E-state index in [0.717, 1.165) is 0 Å². The molecule has 0 N–H and O–H groups in total. The second-order valence-electron chi connectivity index (χ2n) is 2.51. The fraction of sp³-hybridized carbons (Fsp3) is 0.429. The van der Waals surface area contributed by atoms with Crippen molar-refractivity contribution in [2.24, 2.45) is 0 Å². The topological polar surface area (TPSA) is 58.0 Å². The Balaban J connectivity index is 3.01. The summed E-state index contributed by atoms with van der Waals surface area (Å²) in [5.74, 6) is -1.17. The summed E-state index contributed by atoms with van der Waals surface area (Å²) in [6, 6.07) is 0. The molecule has 0 aliphatic carbocycles. The van der Waals surface area contributed by atoms with Crippen LogP contribution in [0.2, 0.25) is 5.02 Å². The summed E-state index contributed by atoms with van der Waals surface area (Å²) in [5, 5.41) is 14.7. The molecule has 12 heavy (non-hydrogen) atoms. The minimum atomic E-state index is -1.17. The number of carboxylic acid groups (broad SMARTS) is 1. The van der Waals surface area contributed by atoms with Gasteiger partial charge in [-0.15, -0.1) is 0 Å². The van der Waals surface area contributed by atoms with E-state index in [1.54, 1.807) is 13.8 Å². The highest BCUT2D eigenvalue weighted by atomic mass is 35.5. The summed E-state index contributed by atoms with van der Waals surface area (Å²) < 4.78 is 1.31. The Morgan fingerprint density at radius 3 is 2.58 bits per heavy atom. The lowest BCUT2D eigenvalue weighted by molar-refractivity contribution is -0.306. The monoisotopic (exact) mass is 187 g/mol. The van der Waals surface area contributed by atoms with E-state index in [-0.39, 0.29) is 6.54 Å². The molecule has 0 radical (unpaired) electrons. The van der Waals surface area contributed by atoms with Crippen LogP contribution in [0, 0.1) is 13.8 Å². The van der Waals surface area contributed by atoms with E-state index in [0.29, 0.717) is 16.4 Å². The number of nitrogens with zero attached hydrogens (tertiary/aromatic N) is 2. The van der Waals surface area contributed by atoms with Crippen molar-refractivity contribution in [2.45, 2.75) is 20.4 Å². The summed E-state index contributed by atoms with van der Waals surface area (Å²) in [4.78, 5) is 10.2. The Morgan fingerprint density at radius 2 is 2.25 bits per heavy atom. The molecule has 0 spiro atoms. The van der Waals surface area contributed by atoms with Gasteiger partial charge in [0.15, 0.2) is 0 Å². The first-order chi connectivity index (χ1) is 5.52. The predicted octanol–water partition coefficient (Wildman–Crippen LogP) is -0.0968. The molecule has 0 aliphatic heterocycles. The van der Waals surface area contributed by atoms with E-state index in [1.165, 1.54) is 4.68 Å². The van der Waals surface area contributed by atoms with Gasteiger partial charge in [0.25, 0.3) is 0 Å². The van der Waals surface area contributed by atoms with Crippen molar-refractivity contribution in [3.63, 3.8) is 0 Å². The molecule has 1 aromatic heterocycles. The van der Waals surface area contributed by atoms with Gasteiger partial charge in [0, 0.05) is 0 Å². The third-order valence-electron chi connectivity index (χ3n) is 1.57. The number of carbonyl (C=O) groups is 1. The number of aryl methyl sites for hydroxylation is 1. The molecule has 1 aromatic rings. The molecule has 1 rings (SSSR count). The highest BCUT2D eigenvalue weighted by Gasteiger charge is 2.07. The van der Waals surface area contributed by atoms with E-state index < -0.39 is 5.97 Å². The molecule has 0 aromatic carbocycles. The zero-order valence-electron chi connectivity index (χ0n) is 6.80. The van der Waals surface area contributed by atoms with Crippen molar-refractivity contribution in [1.29, 1.82) is 0 Å². The number of aromatic nitrogens is 2. The Labute approximate surface area is 74.8 Å². The van der Waals surface area contributed by atoms with E-state index in [4.69, 9.17) is 11.6 Å². The number of hydrogen-bond donors (Lipinski definition) is 0. The van der Waals surface area contributed by atoms with Crippen LogP contribution in [0.1, 0.15) is 11.4 Å². The summed E-state index contributed by atoms with van der Waals surface area (Å²) in [5.41, 5.74) is 1.29. The third kappa shape index (κ3) is 1.58. The predicted molar refractivity (Wildman–Crippen MR) is 41.7 cm³/mol. The molecule has 0 amide bonds. The van der Waals surface area contributed by atoms with Crippen molar-refractivity contribution in [1.82, 2.24) is 9.78 Å². The molecule has 66 valence electrons. The largest absolute Gasteiger partial charge is 0.548 e. The lowest BCUT2D eigenvalue weighted by Gasteiger charge is -2.03. The second-order valence-corrected chi connectivity index (χ2v) is 2.89. The Bertz CT molecular complexity index is 319. The SMILES string of the molecule is Cc1nn(CC(=O)[O-])c(C)c1Cl. The van der Waals surface area contributed by atoms with Gasteiger partial charge in [-0.3, -0.25) is 4.68 Å². The normalized spacial score (nSPS) is 10.2. The van der Waals surface area contributed by atoms with Crippen LogP contribution >= 0.6 is 11.6 Å². The zero-order chi connectivity index (χ0) is 9.30. The number of carboxylic acids is 1. The van der Waals surface area contributed by atoms with Crippen LogP contribution in [0.4, 0.5) is 0 Å². The number of carbonyl (C=O) groups excluding carboxylic acids is 1. The maximum absolute atomic E-state index is 10.2. The number of rotatable bonds is 2. The molecule has 0 bridgehead atoms. The second kappa shape index (κ2) is 3.15. The minimum absolute atomic E-state index is 0.251. The average Bonchev–Trinajstić information content (AvgIpc) is 2.17. The highest BCUT2D eigenvalue weighted by molar-refractivity contribution is 6.31. The van der Waals surface area contributed by atoms with E-state index >= 15 is 0 Å². The van der Waals surface area contributed by atoms with Crippen molar-refractivity contribution in [3.8, 4) is 0 Å². The van der Waals surface area contributed by atoms with E-state index in [1.807, 2.05) is 0 Å². The first-order valence-corrected chi connectivity index (χ1v) is 3.79. The number of aliphatic carboxylic acids is 1. The average molecular weight is 188 g/mol. The molecule has 0 saturated carbocycles. The van der Waals surface area contributed by atoms with Crippen LogP contribution in [0.3, 0.4) is 0 Å². The molecule has 0 atom stereocenters. The van der Waals surface area contributed by atoms with Crippen LogP contribution in [0.5, 0.6) is 0 Å². The van der Waals surface area contributed by atoms with Crippen LogP contribution in [-0.4, -0.2) is 15.7 Å². The van der Waals surface area contributed by atoms with Crippen LogP contribution in [0.25, 0.3) is 0 Å². The van der Waals surface area contributed by atoms with Gasteiger partial charge in [-0.1, -0.05) is 11.6 Å². The van der Waals surface area contributed by atoms with E-state index in [9.17, 15) is 9.90 Å². The van der Waals surface area contributed by atoms with Crippen molar-refractivity contribution >= 4 is 17.6 Å². The highest BCUT2D eigenvalue weighted by Crippen LogP contribution is 2.18. The smallest absolute Gasteiger partial charge is 0.0844 e. The summed E-state index contributed by atoms with van der Waals surface area (Å²) in [6.07, 6.45) is 0. The van der Waals surface area contributed by atoms with Gasteiger partial charge < -0.3 is 9.90 Å². The Morgan fingerprint density at radius 1 is 1.67 bits per heavy atom. The van der Waals surface area contributed by atoms with Crippen molar-refractivity contribution in [3.05, 3.63) is 16.4 Å². The molecular weight excluding hydrogens is 180 g/mol. The standard InChI is InChI=1S/C7H9ClN2O2/c1-4-7(8)5(2)10(9-4)3-6(11)12/h3H2,1-2H3,(H,11,12)/p-1. The van der Waals surface area contributed by atoms with Gasteiger partial charge in [-0.2, -0.15) is 5.10 Å². The Kier molecular flexibility index (Phi) is 2.38. The van der Waals surface area contributed by atoms with E-state index in [2.05, 4.69) is 5.10 Å². The maximum Gasteiger partial charge on any atom is 0.0844 e. The molecule has 1 heterocycles. The first-order valence-electron chi connectivity index (χ1n) is 3.41. The maximum atomic E-state index is 10.2. The van der Waals surface area contributed by atoms with Crippen LogP contribution in [0.15, 0.2) is 0 Å². The van der Waals surface area contributed by atoms with Gasteiger partial charge in [-0.05, 0) is 13.8 Å². The molecule has 4 nitrogen and oxygen atoms in total. The van der Waals surface area contributed by atoms with Crippen molar-refractivity contribution < 1.29 is 9.90 Å². The number of hydrogen-bond acceptors (Lipinski definition) is 3. The molecule has 0 unspecified atom stereocenters. The van der Waals surface area contributed by atoms with Gasteiger partial charge in [0.2, 0.25) is 0 Å². The lowest BCUT2D eigenvalue weighted by Crippen LogP contribution is -2.28. The number of halogens is 1. The summed E-state index contributed by atoms with van der Waals surface area (Å²) >= 11 is 5.79. The summed E-state index contributed by atoms with van der Waals surface area (Å²) in [6.45, 7) is 3.19. The Hall–Kier alpha value is -1.03.